The minimum absolute atomic E-state index is 0.977. The molecule has 1 aromatic carbocycles. The van der Waals surface area contributed by atoms with Gasteiger partial charge in [0.25, 0.3) is 0 Å². The maximum Gasteiger partial charge on any atom is 0.0749 e. The molecule has 0 unspecified atom stereocenters. The molecule has 1 nitrogen and oxygen atoms in total. The molecule has 0 radical (unpaired) electrons. The lowest BCUT2D eigenvalue weighted by Gasteiger charge is -2.11. The average molecular weight is 488 g/mol. The Kier molecular flexibility index (Phi) is 4.57. The summed E-state index contributed by atoms with van der Waals surface area (Å²) in [4.78, 5) is 0. The lowest BCUT2D eigenvalue weighted by atomic mass is 10.3. The Balaban J connectivity index is 3.27. The van der Waals surface area contributed by atoms with Crippen LogP contribution in [0.5, 0.6) is 0 Å². The van der Waals surface area contributed by atoms with E-state index in [1.165, 1.54) is 0 Å². The van der Waals surface area contributed by atoms with Gasteiger partial charge >= 0.3 is 0 Å². The van der Waals surface area contributed by atoms with E-state index in [-0.39, 0.29) is 0 Å². The molecule has 0 bridgehead atoms. The zero-order valence-electron chi connectivity index (χ0n) is 5.49. The molecule has 0 heterocycles. The highest BCUT2D eigenvalue weighted by molar-refractivity contribution is 9.25. The van der Waals surface area contributed by atoms with Crippen LogP contribution in [-0.4, -0.2) is 0 Å². The summed E-state index contributed by atoms with van der Waals surface area (Å²) in [6.07, 6.45) is 0. The molecule has 0 aromatic heterocycles. The molecule has 0 aliphatic heterocycles. The van der Waals surface area contributed by atoms with Gasteiger partial charge in [-0.3, -0.25) is 0 Å². The van der Waals surface area contributed by atoms with Gasteiger partial charge in [-0.2, -0.15) is 0 Å². The number of halogens is 5. The molecule has 0 fully saturated rings. The van der Waals surface area contributed by atoms with Gasteiger partial charge in [0.1, 0.15) is 0 Å². The predicted molar refractivity (Wildman–Crippen MR) is 69.9 cm³/mol. The second-order valence-electron chi connectivity index (χ2n) is 1.93. The Morgan fingerprint density at radius 3 is 2.00 bits per heavy atom. The number of anilines is 1. The lowest BCUT2D eigenvalue weighted by Crippen LogP contribution is -1.91. The summed E-state index contributed by atoms with van der Waals surface area (Å²) >= 11 is 16.8. The zero-order valence-corrected chi connectivity index (χ0v) is 13.4. The van der Waals surface area contributed by atoms with E-state index in [2.05, 4.69) is 80.1 Å². The highest BCUT2D eigenvalue weighted by Crippen LogP contribution is 2.40. The maximum atomic E-state index is 3.45. The smallest absolute Gasteiger partial charge is 0.0749 e. The third-order valence-electron chi connectivity index (χ3n) is 1.20. The molecule has 1 rings (SSSR count). The molecule has 66 valence electrons. The molecular formula is C6H2Br5N. The maximum absolute atomic E-state index is 3.45. The molecular weight excluding hydrogens is 486 g/mol. The molecule has 0 aliphatic carbocycles. The van der Waals surface area contributed by atoms with Crippen LogP contribution in [0.4, 0.5) is 5.69 Å². The second-order valence-corrected chi connectivity index (χ2v) is 6.74. The van der Waals surface area contributed by atoms with Crippen molar-refractivity contribution < 1.29 is 0 Å². The Labute approximate surface area is 113 Å². The summed E-state index contributed by atoms with van der Waals surface area (Å²) in [5.41, 5.74) is 0.991. The van der Waals surface area contributed by atoms with Crippen molar-refractivity contribution in [3.8, 4) is 0 Å². The molecule has 6 heteroatoms. The third kappa shape index (κ3) is 2.47. The first-order valence-corrected chi connectivity index (χ1v) is 6.59. The van der Waals surface area contributed by atoms with Gasteiger partial charge in [-0.25, -0.2) is 2.95 Å². The van der Waals surface area contributed by atoms with Crippen LogP contribution in [0.3, 0.4) is 0 Å². The average Bonchev–Trinajstić information content (AvgIpc) is 2.00. The number of benzene rings is 1. The van der Waals surface area contributed by atoms with Gasteiger partial charge in [-0.1, -0.05) is 0 Å². The van der Waals surface area contributed by atoms with Crippen LogP contribution in [0.25, 0.3) is 0 Å². The first-order chi connectivity index (χ1) is 5.54. The fourth-order valence-electron chi connectivity index (χ4n) is 0.646. The van der Waals surface area contributed by atoms with Gasteiger partial charge in [-0.05, 0) is 59.9 Å². The zero-order chi connectivity index (χ0) is 9.30. The molecule has 12 heavy (non-hydrogen) atoms. The summed E-state index contributed by atoms with van der Waals surface area (Å²) in [5.74, 6) is 0. The van der Waals surface area contributed by atoms with Crippen LogP contribution >= 0.6 is 80.1 Å². The fraction of sp³-hybridized carbons (Fsp3) is 0. The standard InChI is InChI=1S/C6H2Br5N/c7-3-1-2-4(12(10)11)6(9)5(3)8/h1-2H. The number of nitrogens with zero attached hydrogens (tertiary/aromatic N) is 1. The highest BCUT2D eigenvalue weighted by atomic mass is 79.9. The van der Waals surface area contributed by atoms with Crippen molar-refractivity contribution in [3.05, 3.63) is 25.6 Å². The van der Waals surface area contributed by atoms with Gasteiger partial charge in [0.05, 0.1) is 42.5 Å². The summed E-state index contributed by atoms with van der Waals surface area (Å²) < 4.78 is 4.66. The van der Waals surface area contributed by atoms with E-state index in [1.807, 2.05) is 12.1 Å². The summed E-state index contributed by atoms with van der Waals surface area (Å²) in [7, 11) is 0. The monoisotopic (exact) mass is 483 g/mol. The van der Waals surface area contributed by atoms with E-state index in [4.69, 9.17) is 0 Å². The molecule has 0 saturated heterocycles. The van der Waals surface area contributed by atoms with Crippen LogP contribution in [0.15, 0.2) is 25.6 Å². The Morgan fingerprint density at radius 1 is 0.917 bits per heavy atom. The first kappa shape index (κ1) is 11.5. The minimum Gasteiger partial charge on any atom is -0.241 e. The topological polar surface area (TPSA) is 3.24 Å². The van der Waals surface area contributed by atoms with Crippen molar-refractivity contribution in [2.75, 3.05) is 2.95 Å². The van der Waals surface area contributed by atoms with Gasteiger partial charge in [0.2, 0.25) is 0 Å². The summed E-state index contributed by atoms with van der Waals surface area (Å²) in [6, 6.07) is 3.92. The number of hydrogen-bond donors (Lipinski definition) is 0. The van der Waals surface area contributed by atoms with Gasteiger partial charge < -0.3 is 0 Å². The van der Waals surface area contributed by atoms with Crippen molar-refractivity contribution in [2.45, 2.75) is 0 Å². The summed E-state index contributed by atoms with van der Waals surface area (Å²) in [6.45, 7) is 0. The van der Waals surface area contributed by atoms with Crippen molar-refractivity contribution in [2.24, 2.45) is 0 Å². The molecule has 0 N–H and O–H groups in total. The Hall–Kier alpha value is 1.42. The quantitative estimate of drug-likeness (QED) is 0.379. The van der Waals surface area contributed by atoms with E-state index >= 15 is 0 Å². The van der Waals surface area contributed by atoms with Crippen LogP contribution in [0, 0.1) is 0 Å². The molecule has 0 atom stereocenters. The molecule has 1 aromatic rings. The molecule has 0 amide bonds. The highest BCUT2D eigenvalue weighted by Gasteiger charge is 2.09. The third-order valence-corrected chi connectivity index (χ3v) is 5.31. The van der Waals surface area contributed by atoms with E-state index in [1.54, 1.807) is 2.95 Å². The Morgan fingerprint density at radius 2 is 1.50 bits per heavy atom. The van der Waals surface area contributed by atoms with Gasteiger partial charge in [0, 0.05) is 8.95 Å². The Bertz CT molecular complexity index is 298. The number of hydrogen-bond acceptors (Lipinski definition) is 1. The van der Waals surface area contributed by atoms with Gasteiger partial charge in [-0.15, -0.1) is 0 Å². The van der Waals surface area contributed by atoms with E-state index in [0.29, 0.717) is 0 Å². The molecule has 0 aliphatic rings. The van der Waals surface area contributed by atoms with Crippen LogP contribution in [0.1, 0.15) is 0 Å². The lowest BCUT2D eigenvalue weighted by molar-refractivity contribution is 1.51. The van der Waals surface area contributed by atoms with Crippen LogP contribution in [-0.2, 0) is 0 Å². The molecule has 0 saturated carbocycles. The van der Waals surface area contributed by atoms with Crippen molar-refractivity contribution in [3.63, 3.8) is 0 Å². The summed E-state index contributed by atoms with van der Waals surface area (Å²) in [5, 5.41) is 0. The normalized spacial score (nSPS) is 10.1. The SMILES string of the molecule is Brc1ccc(N(Br)Br)c(Br)c1Br. The van der Waals surface area contributed by atoms with Crippen molar-refractivity contribution >= 4 is 85.8 Å². The minimum atomic E-state index is 0.977. The van der Waals surface area contributed by atoms with Crippen LogP contribution < -0.4 is 2.95 Å². The van der Waals surface area contributed by atoms with Gasteiger partial charge in [0.15, 0.2) is 0 Å². The fourth-order valence-corrected chi connectivity index (χ4v) is 3.17. The first-order valence-electron chi connectivity index (χ1n) is 2.79. The van der Waals surface area contributed by atoms with E-state index < -0.39 is 0 Å². The number of rotatable bonds is 1. The van der Waals surface area contributed by atoms with E-state index in [0.717, 1.165) is 19.1 Å². The second kappa shape index (κ2) is 4.77. The largest absolute Gasteiger partial charge is 0.241 e. The van der Waals surface area contributed by atoms with E-state index in [9.17, 15) is 0 Å². The predicted octanol–water partition coefficient (Wildman–Crippen LogP) is 5.40. The van der Waals surface area contributed by atoms with Crippen molar-refractivity contribution in [1.29, 1.82) is 0 Å². The molecule has 0 spiro atoms. The van der Waals surface area contributed by atoms with Crippen LogP contribution in [0.2, 0.25) is 0 Å². The van der Waals surface area contributed by atoms with Crippen molar-refractivity contribution in [1.82, 2.24) is 0 Å².